The number of nitrogens with zero attached hydrogens (tertiary/aromatic N) is 1. The molecule has 2 aliphatic rings. The van der Waals surface area contributed by atoms with Gasteiger partial charge in [-0.2, -0.15) is 8.78 Å². The summed E-state index contributed by atoms with van der Waals surface area (Å²) in [4.78, 5) is 15.4. The lowest BCUT2D eigenvalue weighted by Crippen LogP contribution is -2.58. The van der Waals surface area contributed by atoms with Crippen molar-refractivity contribution in [2.24, 2.45) is 0 Å². The summed E-state index contributed by atoms with van der Waals surface area (Å²) in [5, 5.41) is 14.9. The average molecular weight is 509 g/mol. The Hall–Kier alpha value is -2.76. The van der Waals surface area contributed by atoms with Crippen LogP contribution in [0.2, 0.25) is 0 Å². The maximum Gasteiger partial charge on any atom is 0.387 e. The maximum absolute atomic E-state index is 12.4. The summed E-state index contributed by atoms with van der Waals surface area (Å²) in [6.07, 6.45) is 3.67. The van der Waals surface area contributed by atoms with E-state index >= 15 is 0 Å². The van der Waals surface area contributed by atoms with Crippen LogP contribution in [0.3, 0.4) is 0 Å². The van der Waals surface area contributed by atoms with Crippen LogP contribution < -0.4 is 15.4 Å². The first-order valence-electron chi connectivity index (χ1n) is 11.2. The number of rotatable bonds is 8. The van der Waals surface area contributed by atoms with Gasteiger partial charge in [0.25, 0.3) is 0 Å². The molecule has 2 saturated heterocycles. The highest BCUT2D eigenvalue weighted by Gasteiger charge is 2.36. The zero-order valence-corrected chi connectivity index (χ0v) is 20.5. The zero-order valence-electron chi connectivity index (χ0n) is 19.7. The third kappa shape index (κ3) is 7.61. The molecule has 190 valence electrons. The van der Waals surface area contributed by atoms with E-state index < -0.39 is 17.4 Å². The van der Waals surface area contributed by atoms with Gasteiger partial charge in [-0.3, -0.25) is 19.4 Å². The number of halogens is 2. The molecule has 3 heterocycles. The molecular weight excluding hydrogens is 478 g/mol. The number of carbonyl (C=O) groups is 1. The molecule has 11 heteroatoms. The van der Waals surface area contributed by atoms with Gasteiger partial charge in [0, 0.05) is 64.4 Å². The van der Waals surface area contributed by atoms with Crippen molar-refractivity contribution in [3.05, 3.63) is 53.3 Å². The van der Waals surface area contributed by atoms with E-state index in [4.69, 9.17) is 10.1 Å². The molecule has 2 aliphatic heterocycles. The van der Waals surface area contributed by atoms with Crippen LogP contribution in [0.25, 0.3) is 0 Å². The van der Waals surface area contributed by atoms with E-state index in [0.29, 0.717) is 42.0 Å². The van der Waals surface area contributed by atoms with Crippen molar-refractivity contribution in [2.75, 3.05) is 37.1 Å². The normalized spacial score (nSPS) is 21.9. The van der Waals surface area contributed by atoms with Crippen LogP contribution in [0.4, 0.5) is 14.5 Å². The van der Waals surface area contributed by atoms with Crippen molar-refractivity contribution in [1.82, 2.24) is 10.3 Å². The van der Waals surface area contributed by atoms with Crippen LogP contribution in [-0.4, -0.2) is 71.2 Å². The third-order valence-electron chi connectivity index (χ3n) is 5.77. The number of aldehydes is 1. The van der Waals surface area contributed by atoms with Crippen LogP contribution in [0, 0.1) is 5.41 Å². The Labute approximate surface area is 205 Å². The van der Waals surface area contributed by atoms with Crippen molar-refractivity contribution < 1.29 is 27.3 Å². The Morgan fingerprint density at radius 3 is 2.60 bits per heavy atom. The van der Waals surface area contributed by atoms with Crippen LogP contribution in [-0.2, 0) is 15.5 Å². The van der Waals surface area contributed by atoms with Crippen molar-refractivity contribution in [3.8, 4) is 5.75 Å². The standard InChI is InChI=1S/C19H19F2N3O3.C5H11NOS/c20-19(21)27-15-3-1-2-13(9-15)17(22)18-16(8-12(11-25)10-23-18)24-14-4-6-26-7-5-14;1-5(6-2)3-8(7)4-5/h1-3,8-11,14,19,22,24H,4-7H2;6H,3-4H2,1-2H3. The molecule has 0 bridgehead atoms. The van der Waals surface area contributed by atoms with Gasteiger partial charge in [0.15, 0.2) is 6.29 Å². The summed E-state index contributed by atoms with van der Waals surface area (Å²) in [5.41, 5.74) is 1.88. The topological polar surface area (TPSA) is 113 Å². The van der Waals surface area contributed by atoms with Crippen molar-refractivity contribution in [1.29, 1.82) is 5.41 Å². The number of aromatic nitrogens is 1. The molecule has 1 aromatic carbocycles. The first-order valence-corrected chi connectivity index (χ1v) is 12.7. The largest absolute Gasteiger partial charge is 0.435 e. The number of hydrogen-bond acceptors (Lipinski definition) is 8. The van der Waals surface area contributed by atoms with Crippen LogP contribution in [0.15, 0.2) is 36.5 Å². The molecule has 4 rings (SSSR count). The third-order valence-corrected chi connectivity index (χ3v) is 7.69. The van der Waals surface area contributed by atoms with Gasteiger partial charge in [0.1, 0.15) is 11.4 Å². The summed E-state index contributed by atoms with van der Waals surface area (Å²) < 4.78 is 45.2. The first-order chi connectivity index (χ1) is 16.7. The number of ether oxygens (including phenoxy) is 2. The lowest BCUT2D eigenvalue weighted by Gasteiger charge is -2.36. The zero-order chi connectivity index (χ0) is 25.4. The Kier molecular flexibility index (Phi) is 9.41. The molecule has 0 aliphatic carbocycles. The molecule has 35 heavy (non-hydrogen) atoms. The van der Waals surface area contributed by atoms with E-state index in [1.165, 1.54) is 24.4 Å². The number of benzene rings is 1. The molecule has 2 aromatic rings. The van der Waals surface area contributed by atoms with E-state index in [1.807, 2.05) is 7.05 Å². The van der Waals surface area contributed by atoms with E-state index in [1.54, 1.807) is 12.1 Å². The second-order valence-corrected chi connectivity index (χ2v) is 10.1. The van der Waals surface area contributed by atoms with Gasteiger partial charge in [-0.25, -0.2) is 0 Å². The molecule has 1 aromatic heterocycles. The monoisotopic (exact) mass is 508 g/mol. The molecule has 3 N–H and O–H groups in total. The summed E-state index contributed by atoms with van der Waals surface area (Å²) in [7, 11) is 1.39. The van der Waals surface area contributed by atoms with Crippen molar-refractivity contribution in [2.45, 2.75) is 38.0 Å². The van der Waals surface area contributed by atoms with Crippen LogP contribution in [0.1, 0.15) is 41.4 Å². The van der Waals surface area contributed by atoms with Crippen LogP contribution in [0.5, 0.6) is 5.75 Å². The highest BCUT2D eigenvalue weighted by molar-refractivity contribution is 7.86. The van der Waals surface area contributed by atoms with Gasteiger partial charge in [0.2, 0.25) is 0 Å². The van der Waals surface area contributed by atoms with Gasteiger partial charge >= 0.3 is 6.61 Å². The number of alkyl halides is 2. The predicted octanol–water partition coefficient (Wildman–Crippen LogP) is 3.23. The maximum atomic E-state index is 12.4. The summed E-state index contributed by atoms with van der Waals surface area (Å²) >= 11 is 0. The fourth-order valence-corrected chi connectivity index (χ4v) is 5.32. The van der Waals surface area contributed by atoms with E-state index in [-0.39, 0.29) is 23.0 Å². The van der Waals surface area contributed by atoms with Gasteiger partial charge in [-0.05, 0) is 45.0 Å². The lowest BCUT2D eigenvalue weighted by molar-refractivity contribution is -0.0498. The number of pyridine rings is 1. The van der Waals surface area contributed by atoms with Gasteiger partial charge in [-0.15, -0.1) is 0 Å². The predicted molar refractivity (Wildman–Crippen MR) is 131 cm³/mol. The molecule has 2 fully saturated rings. The highest BCUT2D eigenvalue weighted by atomic mass is 32.2. The van der Waals surface area contributed by atoms with E-state index in [2.05, 4.69) is 27.3 Å². The van der Waals surface area contributed by atoms with E-state index in [9.17, 15) is 17.8 Å². The van der Waals surface area contributed by atoms with Crippen LogP contribution >= 0.6 is 0 Å². The Morgan fingerprint density at radius 1 is 1.31 bits per heavy atom. The summed E-state index contributed by atoms with van der Waals surface area (Å²) in [6.45, 7) is 0.426. The summed E-state index contributed by atoms with van der Waals surface area (Å²) in [5.74, 6) is 1.61. The molecule has 0 saturated carbocycles. The van der Waals surface area contributed by atoms with Crippen molar-refractivity contribution >= 4 is 28.5 Å². The number of hydrogen-bond donors (Lipinski definition) is 3. The quantitative estimate of drug-likeness (QED) is 0.371. The molecule has 0 amide bonds. The lowest BCUT2D eigenvalue weighted by atomic mass is 10.0. The average Bonchev–Trinajstić information content (AvgIpc) is 2.83. The van der Waals surface area contributed by atoms with E-state index in [0.717, 1.165) is 24.3 Å². The minimum atomic E-state index is -2.94. The number of anilines is 1. The second-order valence-electron chi connectivity index (χ2n) is 8.63. The fourth-order valence-electron chi connectivity index (χ4n) is 3.69. The fraction of sp³-hybridized carbons (Fsp3) is 0.458. The SMILES string of the molecule is CNC1(C)CS(=O)C1.N=C(c1cccc(OC(F)F)c1)c1ncc(C=O)cc1NC1CCOCC1. The first kappa shape index (κ1) is 26.8. The highest BCUT2D eigenvalue weighted by Crippen LogP contribution is 2.24. The van der Waals surface area contributed by atoms with Crippen molar-refractivity contribution in [3.63, 3.8) is 0 Å². The Morgan fingerprint density at radius 2 is 2.03 bits per heavy atom. The van der Waals surface area contributed by atoms with Gasteiger partial charge in [-0.1, -0.05) is 12.1 Å². The second kappa shape index (κ2) is 12.3. The Bertz CT molecular complexity index is 1060. The number of nitrogens with one attached hydrogen (secondary N) is 3. The van der Waals surface area contributed by atoms with Gasteiger partial charge < -0.3 is 20.1 Å². The molecule has 0 spiro atoms. The molecular formula is C24H30F2N4O4S. The molecule has 8 nitrogen and oxygen atoms in total. The minimum absolute atomic E-state index is 0.0318. The minimum Gasteiger partial charge on any atom is -0.435 e. The van der Waals surface area contributed by atoms with Gasteiger partial charge in [0.05, 0.1) is 11.4 Å². The molecule has 0 radical (unpaired) electrons. The smallest absolute Gasteiger partial charge is 0.387 e. The molecule has 0 unspecified atom stereocenters. The number of carbonyl (C=O) groups excluding carboxylic acids is 1. The summed E-state index contributed by atoms with van der Waals surface area (Å²) in [6, 6.07) is 7.69. The molecule has 0 atom stereocenters. The Balaban J connectivity index is 0.000000363.